The van der Waals surface area contributed by atoms with Gasteiger partial charge in [0.1, 0.15) is 11.5 Å². The first-order valence-corrected chi connectivity index (χ1v) is 14.0. The van der Waals surface area contributed by atoms with Crippen LogP contribution < -0.4 is 14.4 Å². The van der Waals surface area contributed by atoms with Gasteiger partial charge in [0.2, 0.25) is 0 Å². The smallest absolute Gasteiger partial charge is 0.119 e. The highest BCUT2D eigenvalue weighted by Gasteiger charge is 2.11. The van der Waals surface area contributed by atoms with Crippen molar-refractivity contribution >= 4 is 5.69 Å². The minimum absolute atomic E-state index is 0.529. The summed E-state index contributed by atoms with van der Waals surface area (Å²) in [5.41, 5.74) is 6.82. The van der Waals surface area contributed by atoms with E-state index in [9.17, 15) is 0 Å². The Labute approximate surface area is 247 Å². The number of benzene rings is 4. The molecule has 7 nitrogen and oxygen atoms in total. The lowest BCUT2D eigenvalue weighted by molar-refractivity contribution is 0.0338. The van der Waals surface area contributed by atoms with E-state index in [1.165, 1.54) is 11.1 Å². The molecule has 0 unspecified atom stereocenters. The molecule has 0 amide bonds. The largest absolute Gasteiger partial charge is 0.497 e. The summed E-state index contributed by atoms with van der Waals surface area (Å²) in [4.78, 5) is 6.56. The van der Waals surface area contributed by atoms with E-state index in [1.807, 2.05) is 53.5 Å². The summed E-state index contributed by atoms with van der Waals surface area (Å²) < 4.78 is 24.4. The number of rotatable bonds is 15. The quantitative estimate of drug-likeness (QED) is 0.130. The Morgan fingerprint density at radius 3 is 1.88 bits per heavy atom. The van der Waals surface area contributed by atoms with Crippen LogP contribution in [0.25, 0.3) is 5.69 Å². The highest BCUT2D eigenvalue weighted by molar-refractivity contribution is 5.50. The van der Waals surface area contributed by atoms with Crippen LogP contribution in [0.1, 0.15) is 22.3 Å². The Kier molecular flexibility index (Phi) is 10.2. The first-order valence-electron chi connectivity index (χ1n) is 14.0. The Bertz CT molecular complexity index is 1520. The van der Waals surface area contributed by atoms with Crippen molar-refractivity contribution in [2.24, 2.45) is 0 Å². The molecule has 4 aromatic carbocycles. The zero-order valence-electron chi connectivity index (χ0n) is 24.2. The van der Waals surface area contributed by atoms with Crippen LogP contribution >= 0.6 is 0 Å². The molecule has 5 aromatic rings. The standard InChI is InChI=1S/C35H37N3O4/c1-39-34-10-4-7-30(21-34)24-38(23-29-6-3-9-33(20-29)37-17-16-36-27-37)32-14-12-28(13-15-32)25-41-18-19-42-26-31-8-5-11-35(22-31)40-2/h3-17,20-22,27H,18-19,23-26H2,1-2H3. The van der Waals surface area contributed by atoms with E-state index in [4.69, 9.17) is 18.9 Å². The third-order valence-electron chi connectivity index (χ3n) is 6.94. The van der Waals surface area contributed by atoms with Crippen LogP contribution in [-0.2, 0) is 35.8 Å². The molecule has 216 valence electrons. The molecule has 0 saturated heterocycles. The number of aromatic nitrogens is 2. The van der Waals surface area contributed by atoms with Crippen LogP contribution in [0.5, 0.6) is 11.5 Å². The lowest BCUT2D eigenvalue weighted by Crippen LogP contribution is -2.22. The van der Waals surface area contributed by atoms with Crippen LogP contribution in [0.15, 0.2) is 116 Å². The van der Waals surface area contributed by atoms with Crippen molar-refractivity contribution < 1.29 is 18.9 Å². The molecule has 1 aromatic heterocycles. The molecule has 42 heavy (non-hydrogen) atoms. The van der Waals surface area contributed by atoms with E-state index < -0.39 is 0 Å². The van der Waals surface area contributed by atoms with Crippen LogP contribution in [0.4, 0.5) is 5.69 Å². The SMILES string of the molecule is COc1cccc(COCCOCc2ccc(N(Cc3cccc(OC)c3)Cc3cccc(-n4ccnc4)c3)cc2)c1. The maximum Gasteiger partial charge on any atom is 0.119 e. The number of hydrogen-bond acceptors (Lipinski definition) is 6. The summed E-state index contributed by atoms with van der Waals surface area (Å²) >= 11 is 0. The molecule has 5 rings (SSSR count). The zero-order valence-corrected chi connectivity index (χ0v) is 24.2. The van der Waals surface area contributed by atoms with E-state index in [1.54, 1.807) is 20.4 Å². The molecule has 0 bridgehead atoms. The van der Waals surface area contributed by atoms with Gasteiger partial charge in [0.15, 0.2) is 0 Å². The maximum absolute atomic E-state index is 5.88. The predicted octanol–water partition coefficient (Wildman–Crippen LogP) is 6.83. The van der Waals surface area contributed by atoms with Gasteiger partial charge in [-0.1, -0.05) is 48.5 Å². The fourth-order valence-corrected chi connectivity index (χ4v) is 4.74. The van der Waals surface area contributed by atoms with Crippen molar-refractivity contribution in [1.82, 2.24) is 9.55 Å². The second kappa shape index (κ2) is 14.9. The van der Waals surface area contributed by atoms with Crippen molar-refractivity contribution in [2.75, 3.05) is 32.3 Å². The van der Waals surface area contributed by atoms with Gasteiger partial charge in [0.25, 0.3) is 0 Å². The summed E-state index contributed by atoms with van der Waals surface area (Å²) in [7, 11) is 3.37. The molecule has 0 N–H and O–H groups in total. The predicted molar refractivity (Wildman–Crippen MR) is 165 cm³/mol. The normalized spacial score (nSPS) is 10.9. The van der Waals surface area contributed by atoms with E-state index in [0.717, 1.165) is 47.1 Å². The molecule has 0 aliphatic rings. The summed E-state index contributed by atoms with van der Waals surface area (Å²) in [5, 5.41) is 0. The molecule has 0 radical (unpaired) electrons. The van der Waals surface area contributed by atoms with Crippen LogP contribution in [0, 0.1) is 0 Å². The lowest BCUT2D eigenvalue weighted by atomic mass is 10.1. The number of imidazole rings is 1. The minimum Gasteiger partial charge on any atom is -0.497 e. The number of anilines is 1. The first-order chi connectivity index (χ1) is 20.7. The Morgan fingerprint density at radius 1 is 0.643 bits per heavy atom. The summed E-state index contributed by atoms with van der Waals surface area (Å²) in [6.07, 6.45) is 5.57. The van der Waals surface area contributed by atoms with Crippen molar-refractivity contribution in [3.05, 3.63) is 138 Å². The lowest BCUT2D eigenvalue weighted by Gasteiger charge is -2.26. The first kappa shape index (κ1) is 28.9. The number of nitrogens with zero attached hydrogens (tertiary/aromatic N) is 3. The van der Waals surface area contributed by atoms with E-state index >= 15 is 0 Å². The van der Waals surface area contributed by atoms with Gasteiger partial charge in [-0.2, -0.15) is 0 Å². The van der Waals surface area contributed by atoms with Gasteiger partial charge in [-0.05, 0) is 70.8 Å². The molecule has 0 saturated carbocycles. The average Bonchev–Trinajstić information content (AvgIpc) is 3.59. The second-order valence-electron chi connectivity index (χ2n) is 9.97. The number of ether oxygens (including phenoxy) is 4. The van der Waals surface area contributed by atoms with Gasteiger partial charge < -0.3 is 28.4 Å². The van der Waals surface area contributed by atoms with Crippen molar-refractivity contribution in [1.29, 1.82) is 0 Å². The summed E-state index contributed by atoms with van der Waals surface area (Å²) in [6.45, 7) is 3.62. The third-order valence-corrected chi connectivity index (χ3v) is 6.94. The Hall–Kier alpha value is -4.59. The monoisotopic (exact) mass is 563 g/mol. The molecule has 0 fully saturated rings. The van der Waals surface area contributed by atoms with Crippen molar-refractivity contribution in [3.63, 3.8) is 0 Å². The van der Waals surface area contributed by atoms with Gasteiger partial charge in [-0.15, -0.1) is 0 Å². The van der Waals surface area contributed by atoms with Gasteiger partial charge in [-0.25, -0.2) is 4.98 Å². The van der Waals surface area contributed by atoms with E-state index in [0.29, 0.717) is 26.4 Å². The molecule has 0 spiro atoms. The van der Waals surface area contributed by atoms with Crippen LogP contribution in [0.3, 0.4) is 0 Å². The van der Waals surface area contributed by atoms with E-state index in [2.05, 4.69) is 70.5 Å². The van der Waals surface area contributed by atoms with Crippen LogP contribution in [0.2, 0.25) is 0 Å². The highest BCUT2D eigenvalue weighted by Crippen LogP contribution is 2.24. The molecule has 7 heteroatoms. The van der Waals surface area contributed by atoms with Crippen LogP contribution in [-0.4, -0.2) is 37.0 Å². The third kappa shape index (κ3) is 8.22. The van der Waals surface area contributed by atoms with Gasteiger partial charge in [-0.3, -0.25) is 0 Å². The average molecular weight is 564 g/mol. The molecular weight excluding hydrogens is 526 g/mol. The summed E-state index contributed by atoms with van der Waals surface area (Å²) in [6, 6.07) is 33.3. The number of methoxy groups -OCH3 is 2. The highest BCUT2D eigenvalue weighted by atomic mass is 16.5. The zero-order chi connectivity index (χ0) is 29.0. The Morgan fingerprint density at radius 2 is 1.24 bits per heavy atom. The van der Waals surface area contributed by atoms with Gasteiger partial charge in [0.05, 0.1) is 47.0 Å². The van der Waals surface area contributed by atoms with Gasteiger partial charge >= 0.3 is 0 Å². The summed E-state index contributed by atoms with van der Waals surface area (Å²) in [5.74, 6) is 1.69. The van der Waals surface area contributed by atoms with Crippen molar-refractivity contribution in [3.8, 4) is 17.2 Å². The maximum atomic E-state index is 5.88. The second-order valence-corrected chi connectivity index (χ2v) is 9.97. The van der Waals surface area contributed by atoms with E-state index in [-0.39, 0.29) is 0 Å². The molecule has 0 aliphatic heterocycles. The molecular formula is C35H37N3O4. The molecule has 1 heterocycles. The van der Waals surface area contributed by atoms with Gasteiger partial charge in [0, 0.05) is 36.9 Å². The molecule has 0 aliphatic carbocycles. The molecule has 0 atom stereocenters. The fraction of sp³-hybridized carbons (Fsp3) is 0.229. The Balaban J connectivity index is 1.20. The number of hydrogen-bond donors (Lipinski definition) is 0. The van der Waals surface area contributed by atoms with Crippen molar-refractivity contribution in [2.45, 2.75) is 26.3 Å². The minimum atomic E-state index is 0.529. The fourth-order valence-electron chi connectivity index (χ4n) is 4.74. The topological polar surface area (TPSA) is 58.0 Å².